The van der Waals surface area contributed by atoms with E-state index in [4.69, 9.17) is 34.0 Å². The Hall–Kier alpha value is -4.03. The van der Waals surface area contributed by atoms with Crippen LogP contribution in [0.4, 0.5) is 0 Å². The lowest BCUT2D eigenvalue weighted by Gasteiger charge is -2.16. The van der Waals surface area contributed by atoms with Gasteiger partial charge < -0.3 is 23.5 Å². The fourth-order valence-electron chi connectivity index (χ4n) is 5.18. The molecule has 0 unspecified atom stereocenters. The van der Waals surface area contributed by atoms with E-state index in [2.05, 4.69) is 34.2 Å². The molecular weight excluding hydrogens is 550 g/mol. The molecule has 1 aliphatic rings. The number of hydrogen-bond donors (Lipinski definition) is 0. The van der Waals surface area contributed by atoms with E-state index in [1.807, 2.05) is 35.3 Å². The molecule has 0 radical (unpaired) electrons. The van der Waals surface area contributed by atoms with Crippen molar-refractivity contribution in [2.24, 2.45) is 0 Å². The van der Waals surface area contributed by atoms with Crippen molar-refractivity contribution in [2.75, 3.05) is 27.9 Å². The Bertz CT molecular complexity index is 1740. The molecule has 5 aromatic rings. The number of fused-ring (bicyclic) bond motifs is 3. The average Bonchev–Trinajstić information content (AvgIpc) is 3.69. The Morgan fingerprint density at radius 2 is 1.79 bits per heavy atom. The van der Waals surface area contributed by atoms with Gasteiger partial charge in [-0.3, -0.25) is 0 Å². The third-order valence-corrected chi connectivity index (χ3v) is 9.34. The fraction of sp³-hybridized carbons (Fsp3) is 0.433. The van der Waals surface area contributed by atoms with Crippen molar-refractivity contribution in [2.45, 2.75) is 57.7 Å². The number of aromatic nitrogens is 7. The average molecular weight is 588 g/mol. The van der Waals surface area contributed by atoms with E-state index in [1.54, 1.807) is 27.7 Å². The maximum atomic E-state index is 6.12. The molecule has 42 heavy (non-hydrogen) atoms. The summed E-state index contributed by atoms with van der Waals surface area (Å²) in [5.41, 5.74) is 4.33. The zero-order chi connectivity index (χ0) is 29.4. The zero-order valence-electron chi connectivity index (χ0n) is 25.0. The standard InChI is InChI=1S/C30H37N7O4Si/c1-38-21-10-9-20(24(13-21)39-2)16-36-28-22(23-15-34-37(30(23)36)18-41-11-12-42(4,5)6)14-31-27(35-28)25-26(19-7-8-19)32-17-33-29(25)40-3/h9-10,13-15,17,19H,7-8,11-12,16,18H2,1-6H3. The molecule has 1 fully saturated rings. The molecule has 0 amide bonds. The van der Waals surface area contributed by atoms with E-state index in [0.717, 1.165) is 69.3 Å². The van der Waals surface area contributed by atoms with Crippen LogP contribution >= 0.6 is 0 Å². The Morgan fingerprint density at radius 1 is 0.952 bits per heavy atom. The second kappa shape index (κ2) is 11.3. The molecule has 1 saturated carbocycles. The van der Waals surface area contributed by atoms with Gasteiger partial charge in [0.1, 0.15) is 41.4 Å². The highest BCUT2D eigenvalue weighted by Crippen LogP contribution is 2.45. The highest BCUT2D eigenvalue weighted by atomic mass is 28.3. The first-order valence-corrected chi connectivity index (χ1v) is 17.9. The second-order valence-corrected chi connectivity index (χ2v) is 17.5. The van der Waals surface area contributed by atoms with E-state index in [9.17, 15) is 0 Å². The van der Waals surface area contributed by atoms with Crippen molar-refractivity contribution in [1.29, 1.82) is 0 Å². The summed E-state index contributed by atoms with van der Waals surface area (Å²) in [6.45, 7) is 8.57. The van der Waals surface area contributed by atoms with Crippen molar-refractivity contribution < 1.29 is 18.9 Å². The van der Waals surface area contributed by atoms with Crippen LogP contribution < -0.4 is 14.2 Å². The first-order valence-electron chi connectivity index (χ1n) is 14.2. The second-order valence-electron chi connectivity index (χ2n) is 11.8. The number of nitrogens with zero attached hydrogens (tertiary/aromatic N) is 7. The van der Waals surface area contributed by atoms with Crippen LogP contribution in [0.3, 0.4) is 0 Å². The van der Waals surface area contributed by atoms with Gasteiger partial charge in [0.2, 0.25) is 5.88 Å². The molecule has 0 N–H and O–H groups in total. The summed E-state index contributed by atoms with van der Waals surface area (Å²) in [6.07, 6.45) is 7.45. The highest BCUT2D eigenvalue weighted by Gasteiger charge is 2.32. The zero-order valence-corrected chi connectivity index (χ0v) is 26.0. The number of ether oxygens (including phenoxy) is 4. The molecule has 0 aliphatic heterocycles. The van der Waals surface area contributed by atoms with Crippen LogP contribution in [0.5, 0.6) is 17.4 Å². The Morgan fingerprint density at radius 3 is 2.50 bits per heavy atom. The molecule has 1 aliphatic carbocycles. The molecule has 4 aromatic heterocycles. The fourth-order valence-corrected chi connectivity index (χ4v) is 5.94. The van der Waals surface area contributed by atoms with Gasteiger partial charge in [-0.15, -0.1) is 0 Å². The molecule has 12 heteroatoms. The van der Waals surface area contributed by atoms with Crippen LogP contribution in [-0.2, 0) is 18.0 Å². The minimum atomic E-state index is -1.22. The molecule has 0 atom stereocenters. The summed E-state index contributed by atoms with van der Waals surface area (Å²) in [5, 5.41) is 6.56. The molecule has 220 valence electrons. The minimum absolute atomic E-state index is 0.344. The lowest BCUT2D eigenvalue weighted by atomic mass is 10.1. The SMILES string of the molecule is COc1ccc(Cn2c3nc(-c4c(OC)ncnc4C4CC4)ncc3c3cnn(COCC[Si](C)(C)C)c32)c(OC)c1. The van der Waals surface area contributed by atoms with Crippen LogP contribution in [0, 0.1) is 0 Å². The van der Waals surface area contributed by atoms with Gasteiger partial charge in [-0.1, -0.05) is 19.6 Å². The number of methoxy groups -OCH3 is 3. The molecular formula is C30H37N7O4Si. The smallest absolute Gasteiger partial charge is 0.227 e. The predicted molar refractivity (Wildman–Crippen MR) is 163 cm³/mol. The van der Waals surface area contributed by atoms with E-state index >= 15 is 0 Å². The van der Waals surface area contributed by atoms with Gasteiger partial charge in [0.25, 0.3) is 0 Å². The molecule has 1 aromatic carbocycles. The van der Waals surface area contributed by atoms with Gasteiger partial charge in [-0.25, -0.2) is 24.6 Å². The lowest BCUT2D eigenvalue weighted by Crippen LogP contribution is -2.22. The lowest BCUT2D eigenvalue weighted by molar-refractivity contribution is 0.0809. The van der Waals surface area contributed by atoms with Gasteiger partial charge in [-0.2, -0.15) is 5.10 Å². The monoisotopic (exact) mass is 587 g/mol. The maximum absolute atomic E-state index is 6.12. The van der Waals surface area contributed by atoms with Crippen LogP contribution in [-0.4, -0.2) is 70.3 Å². The van der Waals surface area contributed by atoms with Gasteiger partial charge >= 0.3 is 0 Å². The van der Waals surface area contributed by atoms with Crippen molar-refractivity contribution in [3.8, 4) is 28.8 Å². The summed E-state index contributed by atoms with van der Waals surface area (Å²) in [4.78, 5) is 18.9. The predicted octanol–water partition coefficient (Wildman–Crippen LogP) is 5.50. The van der Waals surface area contributed by atoms with E-state index in [1.165, 1.54) is 0 Å². The van der Waals surface area contributed by atoms with Crippen LogP contribution in [0.25, 0.3) is 33.5 Å². The molecule has 11 nitrogen and oxygen atoms in total. The molecule has 0 spiro atoms. The molecule has 0 bridgehead atoms. The van der Waals surface area contributed by atoms with Crippen LogP contribution in [0.2, 0.25) is 25.7 Å². The third kappa shape index (κ3) is 5.43. The van der Waals surface area contributed by atoms with Gasteiger partial charge in [0.15, 0.2) is 5.82 Å². The van der Waals surface area contributed by atoms with Crippen LogP contribution in [0.15, 0.2) is 36.9 Å². The summed E-state index contributed by atoms with van der Waals surface area (Å²) in [6, 6.07) is 6.93. The van der Waals surface area contributed by atoms with Crippen molar-refractivity contribution in [1.82, 2.24) is 34.3 Å². The third-order valence-electron chi connectivity index (χ3n) is 7.64. The number of benzene rings is 1. The van der Waals surface area contributed by atoms with Gasteiger partial charge in [-0.05, 0) is 31.0 Å². The van der Waals surface area contributed by atoms with Crippen molar-refractivity contribution >= 4 is 30.1 Å². The van der Waals surface area contributed by atoms with Gasteiger partial charge in [0, 0.05) is 49.2 Å². The summed E-state index contributed by atoms with van der Waals surface area (Å²) >= 11 is 0. The molecule has 6 rings (SSSR count). The number of rotatable bonds is 12. The van der Waals surface area contributed by atoms with E-state index in [-0.39, 0.29) is 0 Å². The largest absolute Gasteiger partial charge is 0.497 e. The minimum Gasteiger partial charge on any atom is -0.497 e. The van der Waals surface area contributed by atoms with Crippen molar-refractivity contribution in [3.63, 3.8) is 0 Å². The quantitative estimate of drug-likeness (QED) is 0.138. The normalized spacial score (nSPS) is 13.7. The number of hydrogen-bond acceptors (Lipinski definition) is 9. The Balaban J connectivity index is 1.49. The summed E-state index contributed by atoms with van der Waals surface area (Å²) in [7, 11) is 3.71. The molecule has 0 saturated heterocycles. The van der Waals surface area contributed by atoms with E-state index in [0.29, 0.717) is 37.5 Å². The highest BCUT2D eigenvalue weighted by molar-refractivity contribution is 6.76. The Labute approximate surface area is 245 Å². The van der Waals surface area contributed by atoms with E-state index < -0.39 is 8.07 Å². The Kier molecular flexibility index (Phi) is 7.58. The molecule has 4 heterocycles. The summed E-state index contributed by atoms with van der Waals surface area (Å²) < 4.78 is 27.0. The topological polar surface area (TPSA) is 111 Å². The first kappa shape index (κ1) is 28.1. The van der Waals surface area contributed by atoms with Crippen LogP contribution in [0.1, 0.15) is 30.0 Å². The van der Waals surface area contributed by atoms with Gasteiger partial charge in [0.05, 0.1) is 39.8 Å². The summed E-state index contributed by atoms with van der Waals surface area (Å²) in [5.74, 6) is 2.84. The first-order chi connectivity index (χ1) is 20.3. The maximum Gasteiger partial charge on any atom is 0.227 e. The van der Waals surface area contributed by atoms with Crippen molar-refractivity contribution in [3.05, 3.63) is 48.2 Å².